The number of thiophene rings is 1. The molecule has 0 aliphatic carbocycles. The Balaban J connectivity index is 1.59. The van der Waals surface area contributed by atoms with E-state index in [0.717, 1.165) is 27.7 Å². The Hall–Kier alpha value is -4.54. The molecule has 0 aliphatic heterocycles. The zero-order valence-corrected chi connectivity index (χ0v) is 20.0. The van der Waals surface area contributed by atoms with Gasteiger partial charge in [-0.3, -0.25) is 4.57 Å². The molecule has 0 amide bonds. The molecule has 8 rings (SSSR count). The maximum absolute atomic E-state index is 5.24. The first-order chi connectivity index (χ1) is 17.9. The normalized spacial score (nSPS) is 11.9. The molecular formula is C32H19N3S. The molecule has 0 radical (unpaired) electrons. The highest BCUT2D eigenvalue weighted by Crippen LogP contribution is 2.42. The van der Waals surface area contributed by atoms with E-state index in [2.05, 4.69) is 108 Å². The van der Waals surface area contributed by atoms with Crippen LogP contribution in [0.4, 0.5) is 0 Å². The van der Waals surface area contributed by atoms with Gasteiger partial charge in [0.05, 0.1) is 22.2 Å². The van der Waals surface area contributed by atoms with Crippen LogP contribution in [-0.2, 0) is 0 Å². The first-order valence-corrected chi connectivity index (χ1v) is 12.8. The number of hydrogen-bond acceptors (Lipinski definition) is 3. The molecule has 0 aliphatic rings. The summed E-state index contributed by atoms with van der Waals surface area (Å²) in [6.45, 7) is 0. The summed E-state index contributed by atoms with van der Waals surface area (Å²) >= 11 is 1.84. The lowest BCUT2D eigenvalue weighted by Gasteiger charge is -2.12. The zero-order valence-electron chi connectivity index (χ0n) is 19.2. The Kier molecular flexibility index (Phi) is 4.10. The number of hydrogen-bond donors (Lipinski definition) is 0. The summed E-state index contributed by atoms with van der Waals surface area (Å²) in [6, 6.07) is 40.5. The van der Waals surface area contributed by atoms with Gasteiger partial charge in [-0.05, 0) is 24.3 Å². The molecule has 0 unspecified atom stereocenters. The highest BCUT2D eigenvalue weighted by Gasteiger charge is 2.20. The van der Waals surface area contributed by atoms with Crippen LogP contribution < -0.4 is 0 Å². The van der Waals surface area contributed by atoms with E-state index in [-0.39, 0.29) is 0 Å². The van der Waals surface area contributed by atoms with E-state index >= 15 is 0 Å². The fourth-order valence-electron chi connectivity index (χ4n) is 5.45. The van der Waals surface area contributed by atoms with Crippen molar-refractivity contribution in [1.29, 1.82) is 0 Å². The Morgan fingerprint density at radius 3 is 2.14 bits per heavy atom. The molecule has 0 N–H and O–H groups in total. The third-order valence-corrected chi connectivity index (χ3v) is 8.15. The fourth-order valence-corrected chi connectivity index (χ4v) is 6.56. The highest BCUT2D eigenvalue weighted by molar-refractivity contribution is 7.26. The molecule has 8 aromatic rings. The molecule has 0 saturated carbocycles. The zero-order chi connectivity index (χ0) is 23.6. The van der Waals surface area contributed by atoms with E-state index in [0.29, 0.717) is 5.95 Å². The maximum atomic E-state index is 5.24. The van der Waals surface area contributed by atoms with Crippen molar-refractivity contribution in [3.8, 4) is 17.2 Å². The number of nitrogens with zero attached hydrogens (tertiary/aromatic N) is 3. The van der Waals surface area contributed by atoms with E-state index in [4.69, 9.17) is 9.97 Å². The van der Waals surface area contributed by atoms with Crippen LogP contribution in [0.25, 0.3) is 70.1 Å². The van der Waals surface area contributed by atoms with Crippen LogP contribution in [0.5, 0.6) is 0 Å². The Bertz CT molecular complexity index is 2100. The standard InChI is InChI=1S/C32H19N3S/c1-2-10-20(11-3-1)30-23-13-4-7-15-25(23)33-32(34-30)35-26-16-8-5-12-21(26)22-18-19-28-29(31(22)35)24-14-6-9-17-27(24)36-28/h1-19H. The van der Waals surface area contributed by atoms with Gasteiger partial charge in [0.15, 0.2) is 0 Å². The topological polar surface area (TPSA) is 30.7 Å². The summed E-state index contributed by atoms with van der Waals surface area (Å²) in [6.07, 6.45) is 0. The molecule has 0 fully saturated rings. The minimum absolute atomic E-state index is 0.696. The van der Waals surface area contributed by atoms with Crippen molar-refractivity contribution in [2.75, 3.05) is 0 Å². The van der Waals surface area contributed by atoms with E-state index in [1.165, 1.54) is 36.5 Å². The monoisotopic (exact) mass is 477 g/mol. The van der Waals surface area contributed by atoms with Gasteiger partial charge in [-0.15, -0.1) is 11.3 Å². The molecule has 3 aromatic heterocycles. The van der Waals surface area contributed by atoms with Crippen molar-refractivity contribution in [2.24, 2.45) is 0 Å². The van der Waals surface area contributed by atoms with Gasteiger partial charge in [0.1, 0.15) is 0 Å². The van der Waals surface area contributed by atoms with E-state index in [9.17, 15) is 0 Å². The molecule has 36 heavy (non-hydrogen) atoms. The maximum Gasteiger partial charge on any atom is 0.235 e. The lowest BCUT2D eigenvalue weighted by atomic mass is 10.1. The minimum Gasteiger partial charge on any atom is -0.277 e. The van der Waals surface area contributed by atoms with Crippen LogP contribution in [0, 0.1) is 0 Å². The number of aromatic nitrogens is 3. The predicted molar refractivity (Wildman–Crippen MR) is 152 cm³/mol. The molecule has 4 heteroatoms. The van der Waals surface area contributed by atoms with Crippen LogP contribution in [0.2, 0.25) is 0 Å². The summed E-state index contributed by atoms with van der Waals surface area (Å²) in [5.41, 5.74) is 5.26. The van der Waals surface area contributed by atoms with Crippen molar-refractivity contribution in [1.82, 2.24) is 14.5 Å². The third-order valence-electron chi connectivity index (χ3n) is 7.01. The molecule has 0 spiro atoms. The van der Waals surface area contributed by atoms with Gasteiger partial charge in [0.25, 0.3) is 0 Å². The lowest BCUT2D eigenvalue weighted by Crippen LogP contribution is -2.03. The summed E-state index contributed by atoms with van der Waals surface area (Å²) in [5, 5.41) is 6.03. The van der Waals surface area contributed by atoms with Gasteiger partial charge in [-0.25, -0.2) is 9.97 Å². The van der Waals surface area contributed by atoms with Gasteiger partial charge in [0, 0.05) is 41.9 Å². The molecule has 0 bridgehead atoms. The second-order valence-electron chi connectivity index (χ2n) is 9.04. The fraction of sp³-hybridized carbons (Fsp3) is 0. The first kappa shape index (κ1) is 19.7. The lowest BCUT2D eigenvalue weighted by molar-refractivity contribution is 1.02. The Morgan fingerprint density at radius 1 is 0.528 bits per heavy atom. The van der Waals surface area contributed by atoms with Crippen LogP contribution in [0.15, 0.2) is 115 Å². The summed E-state index contributed by atoms with van der Waals surface area (Å²) in [7, 11) is 0. The number of para-hydroxylation sites is 2. The predicted octanol–water partition coefficient (Wildman–Crippen LogP) is 8.76. The number of rotatable bonds is 2. The average Bonchev–Trinajstić information content (AvgIpc) is 3.48. The van der Waals surface area contributed by atoms with Crippen molar-refractivity contribution >= 4 is 64.2 Å². The van der Waals surface area contributed by atoms with Gasteiger partial charge in [-0.1, -0.05) is 91.0 Å². The quantitative estimate of drug-likeness (QED) is 0.249. The summed E-state index contributed by atoms with van der Waals surface area (Å²) in [5.74, 6) is 0.696. The summed E-state index contributed by atoms with van der Waals surface area (Å²) in [4.78, 5) is 10.4. The largest absolute Gasteiger partial charge is 0.277 e. The van der Waals surface area contributed by atoms with E-state index < -0.39 is 0 Å². The smallest absolute Gasteiger partial charge is 0.235 e. The van der Waals surface area contributed by atoms with Crippen molar-refractivity contribution in [3.63, 3.8) is 0 Å². The average molecular weight is 478 g/mol. The number of benzene rings is 5. The summed E-state index contributed by atoms with van der Waals surface area (Å²) < 4.78 is 4.84. The molecule has 3 heterocycles. The van der Waals surface area contributed by atoms with E-state index in [1.807, 2.05) is 23.5 Å². The Labute approximate surface area is 210 Å². The van der Waals surface area contributed by atoms with E-state index in [1.54, 1.807) is 0 Å². The molecule has 168 valence electrons. The van der Waals surface area contributed by atoms with Gasteiger partial charge in [-0.2, -0.15) is 0 Å². The van der Waals surface area contributed by atoms with Crippen molar-refractivity contribution in [3.05, 3.63) is 115 Å². The minimum atomic E-state index is 0.696. The number of fused-ring (bicyclic) bond motifs is 8. The van der Waals surface area contributed by atoms with Crippen LogP contribution in [-0.4, -0.2) is 14.5 Å². The van der Waals surface area contributed by atoms with Gasteiger partial charge in [0.2, 0.25) is 5.95 Å². The Morgan fingerprint density at radius 2 is 1.25 bits per heavy atom. The second-order valence-corrected chi connectivity index (χ2v) is 10.1. The molecule has 0 saturated heterocycles. The first-order valence-electron chi connectivity index (χ1n) is 12.0. The molecule has 0 atom stereocenters. The van der Waals surface area contributed by atoms with Crippen LogP contribution >= 0.6 is 11.3 Å². The van der Waals surface area contributed by atoms with Crippen LogP contribution in [0.3, 0.4) is 0 Å². The van der Waals surface area contributed by atoms with Gasteiger partial charge >= 0.3 is 0 Å². The van der Waals surface area contributed by atoms with Crippen molar-refractivity contribution < 1.29 is 0 Å². The van der Waals surface area contributed by atoms with Crippen molar-refractivity contribution in [2.45, 2.75) is 0 Å². The van der Waals surface area contributed by atoms with Gasteiger partial charge < -0.3 is 0 Å². The third kappa shape index (κ3) is 2.73. The molecule has 3 nitrogen and oxygen atoms in total. The SMILES string of the molecule is c1ccc(-c2nc(-n3c4ccccc4c4ccc5sc6ccccc6c5c43)nc3ccccc23)cc1. The molecule has 5 aromatic carbocycles. The van der Waals surface area contributed by atoms with Crippen LogP contribution in [0.1, 0.15) is 0 Å². The molecular weight excluding hydrogens is 458 g/mol. The second kappa shape index (κ2) is 7.48. The highest BCUT2D eigenvalue weighted by atomic mass is 32.1.